The van der Waals surface area contributed by atoms with E-state index >= 15 is 0 Å². The summed E-state index contributed by atoms with van der Waals surface area (Å²) in [4.78, 5) is 23.6. The van der Waals surface area contributed by atoms with Gasteiger partial charge in [0, 0.05) is 12.0 Å². The summed E-state index contributed by atoms with van der Waals surface area (Å²) in [5.41, 5.74) is 1.61. The van der Waals surface area contributed by atoms with E-state index in [2.05, 4.69) is 5.32 Å². The van der Waals surface area contributed by atoms with Gasteiger partial charge in [0.05, 0.1) is 31.9 Å². The van der Waals surface area contributed by atoms with Crippen LogP contribution in [0.5, 0.6) is 11.5 Å². The SMILES string of the molecule is COc1ccc(C(=O)N[C@@H]2COCC[C@H]2Oc2ccc(C(=O)O)cc2)cc1C. The molecule has 1 fully saturated rings. The average Bonchev–Trinajstić information content (AvgIpc) is 2.69. The van der Waals surface area contributed by atoms with Gasteiger partial charge in [0.25, 0.3) is 5.91 Å². The van der Waals surface area contributed by atoms with Crippen LogP contribution in [-0.2, 0) is 4.74 Å². The molecule has 0 radical (unpaired) electrons. The minimum absolute atomic E-state index is 0.194. The number of hydrogen-bond acceptors (Lipinski definition) is 5. The molecule has 28 heavy (non-hydrogen) atoms. The highest BCUT2D eigenvalue weighted by atomic mass is 16.5. The van der Waals surface area contributed by atoms with Crippen LogP contribution in [0.15, 0.2) is 42.5 Å². The van der Waals surface area contributed by atoms with Crippen LogP contribution in [0.4, 0.5) is 0 Å². The molecule has 1 heterocycles. The fraction of sp³-hybridized carbons (Fsp3) is 0.333. The molecular formula is C21H23NO6. The molecule has 1 saturated heterocycles. The van der Waals surface area contributed by atoms with Crippen LogP contribution < -0.4 is 14.8 Å². The van der Waals surface area contributed by atoms with Gasteiger partial charge in [-0.2, -0.15) is 0 Å². The number of amides is 1. The van der Waals surface area contributed by atoms with Crippen molar-refractivity contribution in [3.8, 4) is 11.5 Å². The first-order chi connectivity index (χ1) is 13.5. The molecule has 7 nitrogen and oxygen atoms in total. The predicted octanol–water partition coefficient (Wildman–Crippen LogP) is 2.67. The lowest BCUT2D eigenvalue weighted by molar-refractivity contribution is -0.00288. The Bertz CT molecular complexity index is 848. The smallest absolute Gasteiger partial charge is 0.335 e. The van der Waals surface area contributed by atoms with Gasteiger partial charge >= 0.3 is 5.97 Å². The number of hydrogen-bond donors (Lipinski definition) is 2. The van der Waals surface area contributed by atoms with Crippen molar-refractivity contribution in [3.05, 3.63) is 59.2 Å². The topological polar surface area (TPSA) is 94.1 Å². The summed E-state index contributed by atoms with van der Waals surface area (Å²) in [5.74, 6) is 0.0774. The number of carboxylic acids is 1. The second kappa shape index (κ2) is 8.75. The number of methoxy groups -OCH3 is 1. The fourth-order valence-corrected chi connectivity index (χ4v) is 3.12. The van der Waals surface area contributed by atoms with Crippen LogP contribution >= 0.6 is 0 Å². The molecule has 0 bridgehead atoms. The summed E-state index contributed by atoms with van der Waals surface area (Å²) < 4.78 is 16.7. The highest BCUT2D eigenvalue weighted by Gasteiger charge is 2.29. The summed E-state index contributed by atoms with van der Waals surface area (Å²) in [6.45, 7) is 2.76. The third-order valence-electron chi connectivity index (χ3n) is 4.66. The number of rotatable bonds is 6. The van der Waals surface area contributed by atoms with Gasteiger partial charge in [-0.1, -0.05) is 0 Å². The number of nitrogens with one attached hydrogen (secondary N) is 1. The number of carbonyl (C=O) groups is 2. The van der Waals surface area contributed by atoms with Gasteiger partial charge in [0.2, 0.25) is 0 Å². The largest absolute Gasteiger partial charge is 0.496 e. The summed E-state index contributed by atoms with van der Waals surface area (Å²) in [5, 5.41) is 12.0. The lowest BCUT2D eigenvalue weighted by Gasteiger charge is -2.32. The summed E-state index contributed by atoms with van der Waals surface area (Å²) in [6.07, 6.45) is 0.348. The molecule has 2 atom stereocenters. The molecule has 7 heteroatoms. The van der Waals surface area contributed by atoms with Crippen LogP contribution in [0.1, 0.15) is 32.7 Å². The summed E-state index contributed by atoms with van der Waals surface area (Å²) in [6, 6.07) is 11.1. The van der Waals surface area contributed by atoms with E-state index in [-0.39, 0.29) is 23.6 Å². The Morgan fingerprint density at radius 1 is 1.14 bits per heavy atom. The highest BCUT2D eigenvalue weighted by molar-refractivity contribution is 5.94. The number of ether oxygens (including phenoxy) is 3. The molecule has 0 unspecified atom stereocenters. The molecule has 1 aliphatic heterocycles. The summed E-state index contributed by atoms with van der Waals surface area (Å²) >= 11 is 0. The standard InChI is InChI=1S/C21H23NO6/c1-13-11-15(5-8-18(13)26-2)20(23)22-17-12-27-10-9-19(17)28-16-6-3-14(4-7-16)21(24)25/h3-8,11,17,19H,9-10,12H2,1-2H3,(H,22,23)(H,24,25)/t17-,19-/m1/s1. The molecule has 1 amide bonds. The third kappa shape index (κ3) is 4.61. The number of carbonyl (C=O) groups excluding carboxylic acids is 1. The first kappa shape index (κ1) is 19.7. The number of carboxylic acid groups (broad SMARTS) is 1. The molecule has 0 saturated carbocycles. The van der Waals surface area contributed by atoms with E-state index in [1.54, 1.807) is 37.4 Å². The van der Waals surface area contributed by atoms with Crippen molar-refractivity contribution >= 4 is 11.9 Å². The maximum atomic E-state index is 12.7. The average molecular weight is 385 g/mol. The van der Waals surface area contributed by atoms with Crippen molar-refractivity contribution in [3.63, 3.8) is 0 Å². The molecular weight excluding hydrogens is 362 g/mol. The van der Waals surface area contributed by atoms with Crippen molar-refractivity contribution in [1.29, 1.82) is 0 Å². The number of benzene rings is 2. The second-order valence-corrected chi connectivity index (χ2v) is 6.61. The maximum Gasteiger partial charge on any atom is 0.335 e. The van der Waals surface area contributed by atoms with E-state index in [0.717, 1.165) is 11.3 Å². The van der Waals surface area contributed by atoms with Gasteiger partial charge in [-0.25, -0.2) is 4.79 Å². The van der Waals surface area contributed by atoms with Crippen molar-refractivity contribution in [2.45, 2.75) is 25.5 Å². The minimum Gasteiger partial charge on any atom is -0.496 e. The van der Waals surface area contributed by atoms with E-state index in [1.165, 1.54) is 12.1 Å². The monoisotopic (exact) mass is 385 g/mol. The van der Waals surface area contributed by atoms with Crippen molar-refractivity contribution in [1.82, 2.24) is 5.32 Å². The normalized spacial score (nSPS) is 18.9. The number of aromatic carboxylic acids is 1. The molecule has 148 valence electrons. The molecule has 3 rings (SSSR count). The molecule has 0 aliphatic carbocycles. The van der Waals surface area contributed by atoms with Gasteiger partial charge in [0.1, 0.15) is 17.6 Å². The summed E-state index contributed by atoms with van der Waals surface area (Å²) in [7, 11) is 1.59. The van der Waals surface area contributed by atoms with Crippen molar-refractivity contribution < 1.29 is 28.9 Å². The van der Waals surface area contributed by atoms with Crippen LogP contribution in [-0.4, -0.2) is 49.5 Å². The van der Waals surface area contributed by atoms with Gasteiger partial charge in [-0.3, -0.25) is 4.79 Å². The molecule has 2 N–H and O–H groups in total. The Morgan fingerprint density at radius 2 is 1.86 bits per heavy atom. The van der Waals surface area contributed by atoms with E-state index in [9.17, 15) is 9.59 Å². The van der Waals surface area contributed by atoms with E-state index < -0.39 is 5.97 Å². The first-order valence-corrected chi connectivity index (χ1v) is 9.01. The van der Waals surface area contributed by atoms with Crippen molar-refractivity contribution in [2.24, 2.45) is 0 Å². The van der Waals surface area contributed by atoms with Crippen molar-refractivity contribution in [2.75, 3.05) is 20.3 Å². The Balaban J connectivity index is 1.68. The Morgan fingerprint density at radius 3 is 2.50 bits per heavy atom. The minimum atomic E-state index is -0.988. The molecule has 2 aromatic rings. The Hall–Kier alpha value is -3.06. The Kier molecular flexibility index (Phi) is 6.16. The Labute approximate surface area is 163 Å². The second-order valence-electron chi connectivity index (χ2n) is 6.61. The van der Waals surface area contributed by atoms with Crippen LogP contribution in [0, 0.1) is 6.92 Å². The van der Waals surface area contributed by atoms with E-state index in [1.807, 2.05) is 6.92 Å². The first-order valence-electron chi connectivity index (χ1n) is 9.01. The zero-order chi connectivity index (χ0) is 20.1. The fourth-order valence-electron chi connectivity index (χ4n) is 3.12. The van der Waals surface area contributed by atoms with Crippen LogP contribution in [0.2, 0.25) is 0 Å². The molecule has 0 spiro atoms. The lowest BCUT2D eigenvalue weighted by Crippen LogP contribution is -2.51. The number of aryl methyl sites for hydroxylation is 1. The van der Waals surface area contributed by atoms with Crippen LogP contribution in [0.25, 0.3) is 0 Å². The van der Waals surface area contributed by atoms with E-state index in [4.69, 9.17) is 19.3 Å². The molecule has 2 aromatic carbocycles. The predicted molar refractivity (Wildman–Crippen MR) is 102 cm³/mol. The third-order valence-corrected chi connectivity index (χ3v) is 4.66. The lowest BCUT2D eigenvalue weighted by atomic mass is 10.0. The van der Waals surface area contributed by atoms with Crippen LogP contribution in [0.3, 0.4) is 0 Å². The maximum absolute atomic E-state index is 12.7. The zero-order valence-corrected chi connectivity index (χ0v) is 15.8. The molecule has 0 aromatic heterocycles. The molecule has 1 aliphatic rings. The quantitative estimate of drug-likeness (QED) is 0.794. The van der Waals surface area contributed by atoms with Gasteiger partial charge in [0.15, 0.2) is 0 Å². The van der Waals surface area contributed by atoms with Gasteiger partial charge in [-0.15, -0.1) is 0 Å². The zero-order valence-electron chi connectivity index (χ0n) is 15.8. The van der Waals surface area contributed by atoms with E-state index in [0.29, 0.717) is 30.9 Å². The van der Waals surface area contributed by atoms with Gasteiger partial charge in [-0.05, 0) is 55.0 Å². The van der Waals surface area contributed by atoms with Gasteiger partial charge < -0.3 is 24.6 Å². The highest BCUT2D eigenvalue weighted by Crippen LogP contribution is 2.21.